The van der Waals surface area contributed by atoms with E-state index in [9.17, 15) is 0 Å². The Morgan fingerprint density at radius 1 is 0.800 bits per heavy atom. The molecule has 0 bridgehead atoms. The van der Waals surface area contributed by atoms with Gasteiger partial charge in [0.05, 0.1) is 11.0 Å². The van der Waals surface area contributed by atoms with Gasteiger partial charge in [-0.1, -0.05) is 78.4 Å². The van der Waals surface area contributed by atoms with Crippen LogP contribution in [0.25, 0.3) is 23.2 Å². The lowest BCUT2D eigenvalue weighted by Gasteiger charge is -2.08. The van der Waals surface area contributed by atoms with Crippen molar-refractivity contribution >= 4 is 23.2 Å². The zero-order valence-corrected chi connectivity index (χ0v) is 14.3. The second-order valence-corrected chi connectivity index (χ2v) is 6.27. The van der Waals surface area contributed by atoms with Crippen LogP contribution in [-0.2, 0) is 6.54 Å². The molecule has 0 unspecified atom stereocenters. The quantitative estimate of drug-likeness (QED) is 0.480. The molecule has 0 radical (unpaired) electrons. The van der Waals surface area contributed by atoms with Gasteiger partial charge >= 0.3 is 0 Å². The fourth-order valence-electron chi connectivity index (χ4n) is 3.00. The van der Waals surface area contributed by atoms with E-state index in [-0.39, 0.29) is 0 Å². The van der Waals surface area contributed by atoms with Crippen molar-refractivity contribution in [2.24, 2.45) is 0 Å². The van der Waals surface area contributed by atoms with Crippen molar-refractivity contribution in [3.8, 4) is 0 Å². The second kappa shape index (κ2) is 6.78. The van der Waals surface area contributed by atoms with Crippen molar-refractivity contribution in [1.82, 2.24) is 9.55 Å². The molecule has 122 valence electrons. The molecule has 0 N–H and O–H groups in total. The number of fused-ring (bicyclic) bond motifs is 1. The van der Waals surface area contributed by atoms with Crippen LogP contribution in [0.15, 0.2) is 78.9 Å². The first-order valence-electron chi connectivity index (χ1n) is 8.53. The van der Waals surface area contributed by atoms with E-state index in [0.717, 1.165) is 23.4 Å². The number of hydrogen-bond acceptors (Lipinski definition) is 1. The van der Waals surface area contributed by atoms with Crippen molar-refractivity contribution < 1.29 is 0 Å². The predicted molar refractivity (Wildman–Crippen MR) is 105 cm³/mol. The summed E-state index contributed by atoms with van der Waals surface area (Å²) in [4.78, 5) is 4.82. The Hall–Kier alpha value is -3.13. The minimum absolute atomic E-state index is 0.815. The molecule has 2 heteroatoms. The van der Waals surface area contributed by atoms with E-state index in [1.165, 1.54) is 16.7 Å². The Labute approximate surface area is 148 Å². The summed E-state index contributed by atoms with van der Waals surface area (Å²) >= 11 is 0. The average molecular weight is 324 g/mol. The maximum absolute atomic E-state index is 4.82. The normalized spacial score (nSPS) is 11.4. The van der Waals surface area contributed by atoms with Crippen LogP contribution in [0.5, 0.6) is 0 Å². The molecule has 0 fully saturated rings. The Balaban J connectivity index is 1.75. The Kier molecular flexibility index (Phi) is 4.17. The summed E-state index contributed by atoms with van der Waals surface area (Å²) in [6.07, 6.45) is 4.22. The molecule has 0 atom stereocenters. The van der Waals surface area contributed by atoms with E-state index in [1.54, 1.807) is 0 Å². The highest BCUT2D eigenvalue weighted by atomic mass is 15.1. The van der Waals surface area contributed by atoms with Gasteiger partial charge in [0, 0.05) is 6.54 Å². The van der Waals surface area contributed by atoms with Gasteiger partial charge in [-0.25, -0.2) is 4.98 Å². The van der Waals surface area contributed by atoms with Crippen molar-refractivity contribution in [3.63, 3.8) is 0 Å². The van der Waals surface area contributed by atoms with E-state index in [4.69, 9.17) is 4.98 Å². The van der Waals surface area contributed by atoms with Gasteiger partial charge in [-0.2, -0.15) is 0 Å². The first kappa shape index (κ1) is 15.4. The lowest BCUT2D eigenvalue weighted by molar-refractivity contribution is 0.813. The highest BCUT2D eigenvalue weighted by molar-refractivity contribution is 5.80. The standard InChI is InChI=1S/C23H20N2/c1-18-11-13-20(14-12-18)17-25-22-10-6-5-9-21(22)24-23(25)16-15-19-7-3-2-4-8-19/h2-16H,17H2,1H3/b16-15+. The van der Waals surface area contributed by atoms with Gasteiger partial charge in [0.1, 0.15) is 5.82 Å². The summed E-state index contributed by atoms with van der Waals surface area (Å²) in [6, 6.07) is 27.3. The van der Waals surface area contributed by atoms with Gasteiger partial charge < -0.3 is 4.57 Å². The zero-order chi connectivity index (χ0) is 17.1. The summed E-state index contributed by atoms with van der Waals surface area (Å²) < 4.78 is 2.28. The first-order chi connectivity index (χ1) is 12.3. The van der Waals surface area contributed by atoms with Gasteiger partial charge in [-0.05, 0) is 36.3 Å². The molecule has 0 spiro atoms. The van der Waals surface area contributed by atoms with Crippen LogP contribution < -0.4 is 0 Å². The van der Waals surface area contributed by atoms with Gasteiger partial charge in [0.2, 0.25) is 0 Å². The molecule has 4 rings (SSSR count). The number of nitrogens with zero attached hydrogens (tertiary/aromatic N) is 2. The van der Waals surface area contributed by atoms with Crippen LogP contribution in [0.2, 0.25) is 0 Å². The molecule has 0 saturated carbocycles. The van der Waals surface area contributed by atoms with Crippen LogP contribution in [0.1, 0.15) is 22.5 Å². The van der Waals surface area contributed by atoms with Gasteiger partial charge in [0.25, 0.3) is 0 Å². The minimum Gasteiger partial charge on any atom is -0.320 e. The Bertz CT molecular complexity index is 1010. The maximum atomic E-state index is 4.82. The fraction of sp³-hybridized carbons (Fsp3) is 0.0870. The lowest BCUT2D eigenvalue weighted by atomic mass is 10.1. The van der Waals surface area contributed by atoms with Crippen molar-refractivity contribution in [2.45, 2.75) is 13.5 Å². The molecular formula is C23H20N2. The monoisotopic (exact) mass is 324 g/mol. The van der Waals surface area contributed by atoms with Crippen molar-refractivity contribution in [2.75, 3.05) is 0 Å². The van der Waals surface area contributed by atoms with Gasteiger partial charge in [-0.3, -0.25) is 0 Å². The predicted octanol–water partition coefficient (Wildman–Crippen LogP) is 5.56. The topological polar surface area (TPSA) is 17.8 Å². The summed E-state index contributed by atoms with van der Waals surface area (Å²) in [5.41, 5.74) is 5.93. The molecule has 3 aromatic carbocycles. The smallest absolute Gasteiger partial charge is 0.134 e. The fourth-order valence-corrected chi connectivity index (χ4v) is 3.00. The maximum Gasteiger partial charge on any atom is 0.134 e. The van der Waals surface area contributed by atoms with Crippen LogP contribution in [0.4, 0.5) is 0 Å². The summed E-state index contributed by atoms with van der Waals surface area (Å²) in [5, 5.41) is 0. The zero-order valence-electron chi connectivity index (χ0n) is 14.3. The molecule has 0 aliphatic heterocycles. The molecule has 1 aromatic heterocycles. The van der Waals surface area contributed by atoms with E-state index in [1.807, 2.05) is 12.1 Å². The number of aromatic nitrogens is 2. The third kappa shape index (κ3) is 3.38. The number of aryl methyl sites for hydroxylation is 1. The van der Waals surface area contributed by atoms with Crippen LogP contribution in [0.3, 0.4) is 0 Å². The first-order valence-corrected chi connectivity index (χ1v) is 8.53. The highest BCUT2D eigenvalue weighted by Gasteiger charge is 2.08. The molecule has 0 aliphatic rings. The van der Waals surface area contributed by atoms with E-state index in [2.05, 4.69) is 90.4 Å². The molecule has 0 amide bonds. The summed E-state index contributed by atoms with van der Waals surface area (Å²) in [5.74, 6) is 0.977. The molecule has 0 aliphatic carbocycles. The third-order valence-electron chi connectivity index (χ3n) is 4.37. The molecule has 25 heavy (non-hydrogen) atoms. The number of para-hydroxylation sites is 2. The van der Waals surface area contributed by atoms with E-state index < -0.39 is 0 Å². The highest BCUT2D eigenvalue weighted by Crippen LogP contribution is 2.20. The van der Waals surface area contributed by atoms with Crippen molar-refractivity contribution in [1.29, 1.82) is 0 Å². The van der Waals surface area contributed by atoms with Crippen LogP contribution in [0, 0.1) is 6.92 Å². The Morgan fingerprint density at radius 3 is 2.32 bits per heavy atom. The van der Waals surface area contributed by atoms with E-state index in [0.29, 0.717) is 0 Å². The summed E-state index contributed by atoms with van der Waals surface area (Å²) in [7, 11) is 0. The lowest BCUT2D eigenvalue weighted by Crippen LogP contribution is -2.02. The number of rotatable bonds is 4. The molecule has 2 nitrogen and oxygen atoms in total. The van der Waals surface area contributed by atoms with E-state index >= 15 is 0 Å². The van der Waals surface area contributed by atoms with Crippen molar-refractivity contribution in [3.05, 3.63) is 101 Å². The van der Waals surface area contributed by atoms with Crippen LogP contribution >= 0.6 is 0 Å². The van der Waals surface area contributed by atoms with Gasteiger partial charge in [0.15, 0.2) is 0 Å². The summed E-state index contributed by atoms with van der Waals surface area (Å²) in [6.45, 7) is 2.93. The number of imidazole rings is 1. The molecule has 4 aromatic rings. The minimum atomic E-state index is 0.815. The van der Waals surface area contributed by atoms with Gasteiger partial charge in [-0.15, -0.1) is 0 Å². The Morgan fingerprint density at radius 2 is 1.52 bits per heavy atom. The number of benzene rings is 3. The third-order valence-corrected chi connectivity index (χ3v) is 4.37. The largest absolute Gasteiger partial charge is 0.320 e. The number of hydrogen-bond donors (Lipinski definition) is 0. The van der Waals surface area contributed by atoms with Crippen LogP contribution in [-0.4, -0.2) is 9.55 Å². The molecular weight excluding hydrogens is 304 g/mol. The SMILES string of the molecule is Cc1ccc(Cn2c(/C=C/c3ccccc3)nc3ccccc32)cc1. The molecule has 0 saturated heterocycles. The molecule has 1 heterocycles. The average Bonchev–Trinajstić information content (AvgIpc) is 3.00. The second-order valence-electron chi connectivity index (χ2n) is 6.27.